The highest BCUT2D eigenvalue weighted by atomic mass is 16.4. The van der Waals surface area contributed by atoms with Crippen molar-refractivity contribution in [1.29, 1.82) is 0 Å². The van der Waals surface area contributed by atoms with Crippen LogP contribution >= 0.6 is 0 Å². The largest absolute Gasteiger partial charge is 0.414 e. The molecular formula is C24H26N6O4. The van der Waals surface area contributed by atoms with Crippen molar-refractivity contribution < 1.29 is 19.7 Å². The molecule has 0 unspecified atom stereocenters. The Bertz CT molecular complexity index is 1250. The average Bonchev–Trinajstić information content (AvgIpc) is 3.36. The zero-order valence-electron chi connectivity index (χ0n) is 18.9. The molecule has 34 heavy (non-hydrogen) atoms. The molecular weight excluding hydrogens is 436 g/mol. The fraction of sp³-hybridized carbons (Fsp3) is 0.250. The topological polar surface area (TPSA) is 155 Å². The van der Waals surface area contributed by atoms with Crippen LogP contribution in [0.5, 0.6) is 0 Å². The summed E-state index contributed by atoms with van der Waals surface area (Å²) in [6.45, 7) is 0.789. The lowest BCUT2D eigenvalue weighted by Crippen LogP contribution is -2.55. The number of nitrogens with two attached hydrogens (primary N) is 1. The van der Waals surface area contributed by atoms with Crippen LogP contribution in [0.25, 0.3) is 34.3 Å². The maximum atomic E-state index is 9.66. The molecule has 10 nitrogen and oxygen atoms in total. The molecule has 0 radical (unpaired) electrons. The second kappa shape index (κ2) is 9.56. The van der Waals surface area contributed by atoms with Crippen LogP contribution < -0.4 is 10.6 Å². The van der Waals surface area contributed by atoms with Crippen LogP contribution in [0.15, 0.2) is 59.1 Å². The monoisotopic (exact) mass is 462 g/mol. The quantitative estimate of drug-likeness (QED) is 0.305. The molecule has 4 aromatic rings. The van der Waals surface area contributed by atoms with E-state index in [1.807, 2.05) is 31.2 Å². The number of rotatable bonds is 8. The summed E-state index contributed by atoms with van der Waals surface area (Å²) in [5.41, 5.74) is 9.15. The molecule has 2 heterocycles. The number of likely N-dealkylation sites (N-methyl/N-ethyl adjacent to an activating group) is 1. The molecule has 0 amide bonds. The van der Waals surface area contributed by atoms with Gasteiger partial charge in [0.25, 0.3) is 5.89 Å². The summed E-state index contributed by atoms with van der Waals surface area (Å²) in [5.74, 6) is 0.593. The van der Waals surface area contributed by atoms with Gasteiger partial charge in [-0.05, 0) is 31.2 Å². The third kappa shape index (κ3) is 4.34. The molecule has 0 bridgehead atoms. The molecule has 0 saturated carbocycles. The summed E-state index contributed by atoms with van der Waals surface area (Å²) in [4.78, 5) is 10.4. The molecule has 2 aromatic heterocycles. The second-order valence-electron chi connectivity index (χ2n) is 8.07. The van der Waals surface area contributed by atoms with Crippen molar-refractivity contribution in [3.8, 4) is 34.3 Å². The minimum Gasteiger partial charge on any atom is -0.414 e. The normalized spacial score (nSPS) is 11.6. The zero-order valence-corrected chi connectivity index (χ0v) is 18.9. The van der Waals surface area contributed by atoms with Crippen LogP contribution in [0.4, 0.5) is 11.5 Å². The summed E-state index contributed by atoms with van der Waals surface area (Å²) in [5, 5.41) is 37.2. The first-order valence-electron chi connectivity index (χ1n) is 10.6. The first-order chi connectivity index (χ1) is 16.4. The molecule has 0 aliphatic carbocycles. The van der Waals surface area contributed by atoms with Crippen molar-refractivity contribution in [1.82, 2.24) is 20.2 Å². The number of aliphatic hydroxyl groups is 3. The maximum absolute atomic E-state index is 9.66. The van der Waals surface area contributed by atoms with Gasteiger partial charge in [0.15, 0.2) is 11.5 Å². The summed E-state index contributed by atoms with van der Waals surface area (Å²) < 4.78 is 5.84. The van der Waals surface area contributed by atoms with E-state index in [1.165, 1.54) is 0 Å². The minimum atomic E-state index is -1.18. The molecule has 0 aliphatic rings. The number of aryl methyl sites for hydroxylation is 1. The lowest BCUT2D eigenvalue weighted by atomic mass is 10.00. The Morgan fingerprint density at radius 1 is 0.882 bits per heavy atom. The number of nitrogen functional groups attached to an aromatic ring is 1. The highest BCUT2D eigenvalue weighted by Crippen LogP contribution is 2.30. The van der Waals surface area contributed by atoms with Gasteiger partial charge in [0.05, 0.1) is 31.7 Å². The van der Waals surface area contributed by atoms with Gasteiger partial charge in [-0.25, -0.2) is 9.97 Å². The van der Waals surface area contributed by atoms with E-state index >= 15 is 0 Å². The highest BCUT2D eigenvalue weighted by molar-refractivity contribution is 5.69. The Morgan fingerprint density at radius 3 is 2.09 bits per heavy atom. The molecule has 4 rings (SSSR count). The van der Waals surface area contributed by atoms with Gasteiger partial charge in [0.1, 0.15) is 5.54 Å². The van der Waals surface area contributed by atoms with Crippen LogP contribution in [-0.4, -0.2) is 67.9 Å². The average molecular weight is 463 g/mol. The van der Waals surface area contributed by atoms with E-state index in [0.717, 1.165) is 11.1 Å². The molecule has 0 spiro atoms. The van der Waals surface area contributed by atoms with E-state index in [1.54, 1.807) is 42.4 Å². The number of benzene rings is 2. The maximum Gasteiger partial charge on any atom is 0.270 e. The number of nitrogens with zero attached hydrogens (tertiary/aromatic N) is 5. The van der Waals surface area contributed by atoms with E-state index in [9.17, 15) is 15.3 Å². The molecule has 0 aliphatic heterocycles. The summed E-state index contributed by atoms with van der Waals surface area (Å²) in [7, 11) is 1.69. The SMILES string of the molecule is Cc1ccc(-c2cnc(N)c(-c3nnc(-c4ccc(N(C)C(CO)(CO)CO)cc4)o3)n2)cc1. The van der Waals surface area contributed by atoms with E-state index in [2.05, 4.69) is 20.2 Å². The number of hydrogen-bond acceptors (Lipinski definition) is 10. The van der Waals surface area contributed by atoms with Gasteiger partial charge >= 0.3 is 0 Å². The number of aliphatic hydroxyl groups excluding tert-OH is 3. The van der Waals surface area contributed by atoms with Crippen molar-refractivity contribution in [3.05, 3.63) is 60.3 Å². The van der Waals surface area contributed by atoms with Gasteiger partial charge in [0, 0.05) is 23.9 Å². The molecule has 0 fully saturated rings. The van der Waals surface area contributed by atoms with Crippen molar-refractivity contribution in [2.75, 3.05) is 37.5 Å². The number of hydrogen-bond donors (Lipinski definition) is 4. The highest BCUT2D eigenvalue weighted by Gasteiger charge is 2.33. The Balaban J connectivity index is 1.61. The first-order valence-corrected chi connectivity index (χ1v) is 10.6. The predicted octanol–water partition coefficient (Wildman–Crippen LogP) is 1.90. The van der Waals surface area contributed by atoms with Gasteiger partial charge in [-0.2, -0.15) is 0 Å². The Labute approximate surface area is 196 Å². The van der Waals surface area contributed by atoms with Crippen LogP contribution in [0, 0.1) is 6.92 Å². The smallest absolute Gasteiger partial charge is 0.270 e. The third-order valence-electron chi connectivity index (χ3n) is 5.87. The molecule has 0 atom stereocenters. The van der Waals surface area contributed by atoms with Crippen LogP contribution in [0.3, 0.4) is 0 Å². The van der Waals surface area contributed by atoms with Gasteiger partial charge in [0.2, 0.25) is 5.89 Å². The van der Waals surface area contributed by atoms with Gasteiger partial charge in [-0.1, -0.05) is 29.8 Å². The number of aromatic nitrogens is 4. The Hall–Kier alpha value is -3.86. The van der Waals surface area contributed by atoms with E-state index < -0.39 is 25.4 Å². The summed E-state index contributed by atoms with van der Waals surface area (Å²) in [6.07, 6.45) is 1.60. The van der Waals surface area contributed by atoms with Crippen molar-refractivity contribution >= 4 is 11.5 Å². The molecule has 176 valence electrons. The van der Waals surface area contributed by atoms with Crippen molar-refractivity contribution in [2.24, 2.45) is 0 Å². The van der Waals surface area contributed by atoms with Gasteiger partial charge in [-0.15, -0.1) is 10.2 Å². The van der Waals surface area contributed by atoms with E-state index in [-0.39, 0.29) is 17.6 Å². The standard InChI is InChI=1S/C24H26N6O4/c1-15-3-5-16(6-4-15)19-11-26-21(25)20(27-19)23-29-28-22(34-23)17-7-9-18(10-8-17)30(2)24(12-31,13-32)14-33/h3-11,31-33H,12-14H2,1-2H3,(H2,25,26). The van der Waals surface area contributed by atoms with Gasteiger partial charge in [-0.3, -0.25) is 0 Å². The fourth-order valence-corrected chi connectivity index (χ4v) is 3.42. The number of anilines is 2. The Kier molecular flexibility index (Phi) is 6.55. The predicted molar refractivity (Wildman–Crippen MR) is 128 cm³/mol. The molecule has 10 heteroatoms. The summed E-state index contributed by atoms with van der Waals surface area (Å²) in [6, 6.07) is 14.9. The van der Waals surface area contributed by atoms with Crippen molar-refractivity contribution in [3.63, 3.8) is 0 Å². The Morgan fingerprint density at radius 2 is 1.47 bits per heavy atom. The lowest BCUT2D eigenvalue weighted by Gasteiger charge is -2.39. The van der Waals surface area contributed by atoms with Crippen molar-refractivity contribution in [2.45, 2.75) is 12.5 Å². The molecule has 5 N–H and O–H groups in total. The molecule has 0 saturated heterocycles. The zero-order chi connectivity index (χ0) is 24.3. The van der Waals surface area contributed by atoms with Crippen LogP contribution in [0.2, 0.25) is 0 Å². The van der Waals surface area contributed by atoms with Crippen LogP contribution in [0.1, 0.15) is 5.56 Å². The first kappa shape index (κ1) is 23.3. The van der Waals surface area contributed by atoms with E-state index in [4.69, 9.17) is 10.2 Å². The third-order valence-corrected chi connectivity index (χ3v) is 5.87. The molecule has 2 aromatic carbocycles. The van der Waals surface area contributed by atoms with Gasteiger partial charge < -0.3 is 30.4 Å². The second-order valence-corrected chi connectivity index (χ2v) is 8.07. The fourth-order valence-electron chi connectivity index (χ4n) is 3.42. The summed E-state index contributed by atoms with van der Waals surface area (Å²) >= 11 is 0. The minimum absolute atomic E-state index is 0.148. The lowest BCUT2D eigenvalue weighted by molar-refractivity contribution is 0.0662. The van der Waals surface area contributed by atoms with Crippen LogP contribution in [-0.2, 0) is 0 Å². The van der Waals surface area contributed by atoms with E-state index in [0.29, 0.717) is 22.6 Å².